The zero-order valence-corrected chi connectivity index (χ0v) is 13.4. The number of hydrogen-bond donors (Lipinski definition) is 3. The fourth-order valence-electron chi connectivity index (χ4n) is 3.08. The number of rotatable bonds is 4. The molecule has 2 heterocycles. The van der Waals surface area contributed by atoms with Crippen molar-refractivity contribution in [2.45, 2.75) is 13.0 Å². The van der Waals surface area contributed by atoms with Crippen molar-refractivity contribution in [2.24, 2.45) is 5.92 Å². The number of fused-ring (bicyclic) bond motifs is 1. The van der Waals surface area contributed by atoms with Crippen molar-refractivity contribution in [3.05, 3.63) is 54.1 Å². The van der Waals surface area contributed by atoms with Gasteiger partial charge in [-0.05, 0) is 30.7 Å². The van der Waals surface area contributed by atoms with Gasteiger partial charge >= 0.3 is 0 Å². The molecule has 0 bridgehead atoms. The summed E-state index contributed by atoms with van der Waals surface area (Å²) in [6.45, 7) is 2.29. The van der Waals surface area contributed by atoms with Crippen molar-refractivity contribution in [1.29, 1.82) is 0 Å². The van der Waals surface area contributed by atoms with E-state index in [1.54, 1.807) is 0 Å². The number of carbonyl (C=O) groups is 1. The summed E-state index contributed by atoms with van der Waals surface area (Å²) < 4.78 is 0. The van der Waals surface area contributed by atoms with Crippen LogP contribution in [0.3, 0.4) is 0 Å². The molecule has 1 saturated heterocycles. The number of nitrogens with zero attached hydrogens (tertiary/aromatic N) is 1. The van der Waals surface area contributed by atoms with Gasteiger partial charge < -0.3 is 15.6 Å². The number of aromatic amines is 1. The highest BCUT2D eigenvalue weighted by Crippen LogP contribution is 2.20. The van der Waals surface area contributed by atoms with Crippen LogP contribution in [0.5, 0.6) is 0 Å². The summed E-state index contributed by atoms with van der Waals surface area (Å²) in [4.78, 5) is 20.0. The molecule has 2 aromatic carbocycles. The number of imidazole rings is 1. The highest BCUT2D eigenvalue weighted by Gasteiger charge is 2.21. The van der Waals surface area contributed by atoms with E-state index in [1.807, 2.05) is 48.5 Å². The fraction of sp³-hybridized carbons (Fsp3) is 0.263. The Hall–Kier alpha value is -2.66. The molecule has 1 amide bonds. The van der Waals surface area contributed by atoms with Gasteiger partial charge in [0.25, 0.3) is 0 Å². The Labute approximate surface area is 140 Å². The van der Waals surface area contributed by atoms with Crippen LogP contribution in [0, 0.1) is 5.92 Å². The van der Waals surface area contributed by atoms with Crippen LogP contribution >= 0.6 is 0 Å². The van der Waals surface area contributed by atoms with Crippen LogP contribution in [0.2, 0.25) is 0 Å². The average Bonchev–Trinajstić information content (AvgIpc) is 3.29. The van der Waals surface area contributed by atoms with E-state index < -0.39 is 0 Å². The first-order chi connectivity index (χ1) is 11.8. The number of benzene rings is 2. The lowest BCUT2D eigenvalue weighted by Crippen LogP contribution is -2.31. The molecule has 0 aliphatic carbocycles. The van der Waals surface area contributed by atoms with Crippen molar-refractivity contribution in [2.75, 3.05) is 13.1 Å². The molecule has 0 saturated carbocycles. The van der Waals surface area contributed by atoms with Crippen LogP contribution in [-0.4, -0.2) is 29.0 Å². The van der Waals surface area contributed by atoms with Gasteiger partial charge in [-0.25, -0.2) is 4.98 Å². The molecule has 1 fully saturated rings. The molecule has 1 aliphatic heterocycles. The van der Waals surface area contributed by atoms with Gasteiger partial charge in [-0.15, -0.1) is 0 Å². The van der Waals surface area contributed by atoms with Gasteiger partial charge in [0.1, 0.15) is 5.82 Å². The molecule has 3 aromatic rings. The largest absolute Gasteiger partial charge is 0.352 e. The van der Waals surface area contributed by atoms with Crippen LogP contribution in [0.4, 0.5) is 0 Å². The molecule has 122 valence electrons. The van der Waals surface area contributed by atoms with Crippen molar-refractivity contribution < 1.29 is 4.79 Å². The molecule has 1 aromatic heterocycles. The van der Waals surface area contributed by atoms with E-state index in [4.69, 9.17) is 0 Å². The topological polar surface area (TPSA) is 69.8 Å². The first-order valence-electron chi connectivity index (χ1n) is 8.32. The summed E-state index contributed by atoms with van der Waals surface area (Å²) in [6.07, 6.45) is 0.927. The molecule has 0 radical (unpaired) electrons. The van der Waals surface area contributed by atoms with Crippen molar-refractivity contribution in [3.63, 3.8) is 0 Å². The fourth-order valence-corrected chi connectivity index (χ4v) is 3.08. The first kappa shape index (κ1) is 14.9. The summed E-state index contributed by atoms with van der Waals surface area (Å²) in [5.41, 5.74) is 4.14. The average molecular weight is 320 g/mol. The Morgan fingerprint density at radius 2 is 2.00 bits per heavy atom. The standard InChI is InChI=1S/C19H20N4O/c24-19(15-9-10-20-12-15)21-11-13-5-7-14(8-6-13)18-22-16-3-1-2-4-17(16)23-18/h1-8,15,20H,9-12H2,(H,21,24)(H,22,23). The second kappa shape index (κ2) is 6.45. The summed E-state index contributed by atoms with van der Waals surface area (Å²) in [7, 11) is 0. The lowest BCUT2D eigenvalue weighted by atomic mass is 10.1. The highest BCUT2D eigenvalue weighted by atomic mass is 16.1. The normalized spacial score (nSPS) is 17.2. The van der Waals surface area contributed by atoms with Crippen LogP contribution < -0.4 is 10.6 Å². The van der Waals surface area contributed by atoms with Crippen LogP contribution in [0.25, 0.3) is 22.4 Å². The van der Waals surface area contributed by atoms with Crippen LogP contribution in [-0.2, 0) is 11.3 Å². The van der Waals surface area contributed by atoms with Gasteiger partial charge in [0, 0.05) is 18.7 Å². The zero-order chi connectivity index (χ0) is 16.4. The van der Waals surface area contributed by atoms with E-state index in [0.717, 1.165) is 47.5 Å². The maximum atomic E-state index is 12.0. The quantitative estimate of drug-likeness (QED) is 0.691. The molecule has 0 spiro atoms. The maximum Gasteiger partial charge on any atom is 0.224 e. The van der Waals surface area contributed by atoms with Crippen LogP contribution in [0.15, 0.2) is 48.5 Å². The summed E-state index contributed by atoms with van der Waals surface area (Å²) in [5, 5.41) is 6.24. The van der Waals surface area contributed by atoms with E-state index in [0.29, 0.717) is 6.54 Å². The molecule has 4 rings (SSSR count). The minimum atomic E-state index is 0.111. The van der Waals surface area contributed by atoms with Gasteiger partial charge in [-0.3, -0.25) is 4.79 Å². The van der Waals surface area contributed by atoms with E-state index >= 15 is 0 Å². The number of carbonyl (C=O) groups excluding carboxylic acids is 1. The smallest absolute Gasteiger partial charge is 0.224 e. The summed E-state index contributed by atoms with van der Waals surface area (Å²) in [5.74, 6) is 1.12. The molecule has 5 nitrogen and oxygen atoms in total. The number of nitrogens with one attached hydrogen (secondary N) is 3. The highest BCUT2D eigenvalue weighted by molar-refractivity contribution is 5.80. The van der Waals surface area contributed by atoms with Crippen molar-refractivity contribution in [3.8, 4) is 11.4 Å². The predicted molar refractivity (Wildman–Crippen MR) is 94.4 cm³/mol. The first-order valence-corrected chi connectivity index (χ1v) is 8.32. The third-order valence-electron chi connectivity index (χ3n) is 4.51. The number of amides is 1. The summed E-state index contributed by atoms with van der Waals surface area (Å²) >= 11 is 0. The molecule has 24 heavy (non-hydrogen) atoms. The lowest BCUT2D eigenvalue weighted by molar-refractivity contribution is -0.124. The second-order valence-corrected chi connectivity index (χ2v) is 6.21. The molecular weight excluding hydrogens is 300 g/mol. The van der Waals surface area contributed by atoms with Gasteiger partial charge in [-0.1, -0.05) is 36.4 Å². The molecule has 3 N–H and O–H groups in total. The Kier molecular flexibility index (Phi) is 4.01. The van der Waals surface area contributed by atoms with E-state index in [2.05, 4.69) is 20.6 Å². The van der Waals surface area contributed by atoms with Crippen molar-refractivity contribution in [1.82, 2.24) is 20.6 Å². The minimum absolute atomic E-state index is 0.111. The maximum absolute atomic E-state index is 12.0. The van der Waals surface area contributed by atoms with E-state index in [1.165, 1.54) is 0 Å². The number of para-hydroxylation sites is 2. The van der Waals surface area contributed by atoms with Crippen molar-refractivity contribution >= 4 is 16.9 Å². The van der Waals surface area contributed by atoms with E-state index in [9.17, 15) is 4.79 Å². The Bertz CT molecular complexity index is 814. The molecular formula is C19H20N4O. The van der Waals surface area contributed by atoms with Gasteiger partial charge in [0.2, 0.25) is 5.91 Å². The van der Waals surface area contributed by atoms with Gasteiger partial charge in [0.15, 0.2) is 0 Å². The Morgan fingerprint density at radius 1 is 1.17 bits per heavy atom. The van der Waals surface area contributed by atoms with E-state index in [-0.39, 0.29) is 11.8 Å². The third-order valence-corrected chi connectivity index (χ3v) is 4.51. The predicted octanol–water partition coefficient (Wildman–Crippen LogP) is 2.46. The monoisotopic (exact) mass is 320 g/mol. The lowest BCUT2D eigenvalue weighted by Gasteiger charge is -2.10. The zero-order valence-electron chi connectivity index (χ0n) is 13.4. The summed E-state index contributed by atoms with van der Waals surface area (Å²) in [6, 6.07) is 16.2. The molecule has 1 aliphatic rings. The Morgan fingerprint density at radius 3 is 2.75 bits per heavy atom. The third kappa shape index (κ3) is 3.03. The SMILES string of the molecule is O=C(NCc1ccc(-c2nc3ccccc3[nH]2)cc1)C1CCNC1. The number of H-pyrrole nitrogens is 1. The Balaban J connectivity index is 1.43. The second-order valence-electron chi connectivity index (χ2n) is 6.21. The molecule has 1 atom stereocenters. The number of hydrogen-bond acceptors (Lipinski definition) is 3. The molecule has 5 heteroatoms. The van der Waals surface area contributed by atoms with Crippen LogP contribution in [0.1, 0.15) is 12.0 Å². The van der Waals surface area contributed by atoms with Gasteiger partial charge in [0.05, 0.1) is 17.0 Å². The number of aromatic nitrogens is 2. The van der Waals surface area contributed by atoms with Gasteiger partial charge in [-0.2, -0.15) is 0 Å². The minimum Gasteiger partial charge on any atom is -0.352 e. The molecule has 1 unspecified atom stereocenters.